The summed E-state index contributed by atoms with van der Waals surface area (Å²) in [6.07, 6.45) is 9.84. The summed E-state index contributed by atoms with van der Waals surface area (Å²) in [6.45, 7) is 11.3. The number of ether oxygens (including phenoxy) is 6. The molecule has 14 heteroatoms. The minimum atomic E-state index is -1.69. The molecule has 0 aromatic heterocycles. The van der Waals surface area contributed by atoms with Crippen LogP contribution in [0.4, 0.5) is 0 Å². The third kappa shape index (κ3) is 21.4. The molecule has 3 saturated heterocycles. The Morgan fingerprint density at radius 1 is 0.400 bits per heavy atom. The molecule has 3 fully saturated rings. The molecule has 3 aliphatic heterocycles. The average Bonchev–Trinajstić information content (AvgIpc) is 3.27. The Morgan fingerprint density at radius 2 is 0.677 bits per heavy atom. The number of fused-ring (bicyclic) bond motifs is 4. The quantitative estimate of drug-likeness (QED) is 0.0343. The van der Waals surface area contributed by atoms with Crippen molar-refractivity contribution in [3.8, 4) is 0 Å². The van der Waals surface area contributed by atoms with Crippen LogP contribution in [0, 0.1) is 23.7 Å². The van der Waals surface area contributed by atoms with Gasteiger partial charge in [0, 0.05) is 0 Å². The van der Waals surface area contributed by atoms with Crippen molar-refractivity contribution in [3.63, 3.8) is 0 Å². The summed E-state index contributed by atoms with van der Waals surface area (Å²) in [7, 11) is 0. The molecule has 14 atom stereocenters. The van der Waals surface area contributed by atoms with Crippen molar-refractivity contribution in [2.75, 3.05) is 13.2 Å². The molecule has 0 spiro atoms. The van der Waals surface area contributed by atoms with E-state index in [1.807, 2.05) is 0 Å². The SMILES string of the molecule is CC(C)CCCCCCCCCCCCCC1O[C@H]2O[C@@H](COC(=O)C(C)C(CCCCCCCCCCCCC(C)C)O[C@@H]3O[C@H](COC(=O)C1C)[C@@H](O)[C@H](O)[C@H]3O)[C@H](O)[C@H](O)[C@@H]2O. The van der Waals surface area contributed by atoms with Gasteiger partial charge in [0.25, 0.3) is 0 Å². The topological polar surface area (TPSA) is 211 Å². The molecule has 0 amide bonds. The van der Waals surface area contributed by atoms with Gasteiger partial charge in [0.1, 0.15) is 62.0 Å². The number of unbranched alkanes of at least 4 members (excludes halogenated alkanes) is 19. The maximum Gasteiger partial charge on any atom is 0.311 e. The summed E-state index contributed by atoms with van der Waals surface area (Å²) in [5.41, 5.74) is 0. The number of rotatable bonds is 27. The van der Waals surface area contributed by atoms with Gasteiger partial charge in [0.05, 0.1) is 24.0 Å². The van der Waals surface area contributed by atoms with E-state index in [1.54, 1.807) is 13.8 Å². The van der Waals surface area contributed by atoms with E-state index in [-0.39, 0.29) is 0 Å². The summed E-state index contributed by atoms with van der Waals surface area (Å²) in [4.78, 5) is 27.3. The van der Waals surface area contributed by atoms with Crippen LogP contribution in [0.3, 0.4) is 0 Å². The van der Waals surface area contributed by atoms with Crippen LogP contribution >= 0.6 is 0 Å². The standard InChI is InChI=1S/C51H94O14/c1-34(2)28-24-20-16-12-8-7-9-14-18-22-26-30-38-36(5)48(58)60-32-41-43(53)45(55)47(57)51(65-41)63-39(31-27-23-19-15-11-10-13-17-21-25-29-35(3)4)37(6)49(59)61-33-40-42(52)44(54)46(56)50(62-38)64-40/h34-47,50-57H,7-33H2,1-6H3/t36?,37?,38?,39?,40-,41+,42-,43+,44-,45-,46-,47+,50-,51+/m0/s1. The summed E-state index contributed by atoms with van der Waals surface area (Å²) in [5.74, 6) is -1.70. The van der Waals surface area contributed by atoms with Gasteiger partial charge < -0.3 is 59.1 Å². The molecule has 14 nitrogen and oxygen atoms in total. The number of esters is 2. The first-order valence-corrected chi connectivity index (χ1v) is 26.2. The van der Waals surface area contributed by atoms with E-state index >= 15 is 0 Å². The predicted octanol–water partition coefficient (Wildman–Crippen LogP) is 7.81. The minimum absolute atomic E-state index is 0.387. The fourth-order valence-electron chi connectivity index (χ4n) is 9.25. The Labute approximate surface area is 392 Å². The average molecular weight is 931 g/mol. The van der Waals surface area contributed by atoms with E-state index in [0.29, 0.717) is 25.7 Å². The van der Waals surface area contributed by atoms with Crippen LogP contribution in [0.25, 0.3) is 0 Å². The van der Waals surface area contributed by atoms with E-state index in [1.165, 1.54) is 83.5 Å². The number of aliphatic hydroxyl groups is 6. The Hall–Kier alpha value is -1.46. The minimum Gasteiger partial charge on any atom is -0.463 e. The zero-order chi connectivity index (χ0) is 47.7. The molecule has 0 radical (unpaired) electrons. The van der Waals surface area contributed by atoms with Crippen LogP contribution in [0.2, 0.25) is 0 Å². The van der Waals surface area contributed by atoms with E-state index < -0.39 is 111 Å². The first-order chi connectivity index (χ1) is 31.1. The molecule has 3 rings (SSSR count). The largest absolute Gasteiger partial charge is 0.463 e. The third-order valence-electron chi connectivity index (χ3n) is 13.9. The fraction of sp³-hybridized carbons (Fsp3) is 0.961. The fourth-order valence-corrected chi connectivity index (χ4v) is 9.25. The van der Waals surface area contributed by atoms with E-state index in [2.05, 4.69) is 27.7 Å². The molecule has 382 valence electrons. The Morgan fingerprint density at radius 3 is 0.969 bits per heavy atom. The van der Waals surface area contributed by atoms with Crippen LogP contribution < -0.4 is 0 Å². The maximum atomic E-state index is 13.7. The van der Waals surface area contributed by atoms with Gasteiger partial charge in [0.15, 0.2) is 12.6 Å². The molecule has 0 aromatic carbocycles. The summed E-state index contributed by atoms with van der Waals surface area (Å²) < 4.78 is 35.8. The molecule has 0 aromatic rings. The van der Waals surface area contributed by atoms with Crippen LogP contribution in [0.15, 0.2) is 0 Å². The van der Waals surface area contributed by atoms with Gasteiger partial charge in [-0.05, 0) is 38.5 Å². The summed E-state index contributed by atoms with van der Waals surface area (Å²) in [5, 5.41) is 65.6. The highest BCUT2D eigenvalue weighted by atomic mass is 16.7. The van der Waals surface area contributed by atoms with Gasteiger partial charge in [0.2, 0.25) is 0 Å². The predicted molar refractivity (Wildman–Crippen MR) is 248 cm³/mol. The smallest absolute Gasteiger partial charge is 0.311 e. The molecule has 6 N–H and O–H groups in total. The molecule has 0 aliphatic carbocycles. The second kappa shape index (κ2) is 32.4. The maximum absolute atomic E-state index is 13.7. The number of carbonyl (C=O) groups excluding carboxylic acids is 2. The van der Waals surface area contributed by atoms with Gasteiger partial charge in [-0.25, -0.2) is 0 Å². The second-order valence-electron chi connectivity index (χ2n) is 20.6. The van der Waals surface area contributed by atoms with E-state index in [9.17, 15) is 40.2 Å². The molecule has 3 heterocycles. The Bertz CT molecular complexity index is 1250. The van der Waals surface area contributed by atoms with Crippen molar-refractivity contribution >= 4 is 11.9 Å². The Kier molecular flexibility index (Phi) is 28.8. The molecular formula is C51H94O14. The van der Waals surface area contributed by atoms with Gasteiger partial charge in [-0.3, -0.25) is 9.59 Å². The lowest BCUT2D eigenvalue weighted by molar-refractivity contribution is -0.320. The highest BCUT2D eigenvalue weighted by molar-refractivity contribution is 5.73. The molecule has 4 bridgehead atoms. The van der Waals surface area contributed by atoms with Crippen molar-refractivity contribution in [2.45, 2.75) is 276 Å². The zero-order valence-electron chi connectivity index (χ0n) is 41.3. The summed E-state index contributed by atoms with van der Waals surface area (Å²) >= 11 is 0. The van der Waals surface area contributed by atoms with Crippen LogP contribution in [-0.2, 0) is 38.0 Å². The number of cyclic esters (lactones) is 2. The first kappa shape index (κ1) is 57.9. The number of aliphatic hydroxyl groups excluding tert-OH is 6. The van der Waals surface area contributed by atoms with Crippen LogP contribution in [0.1, 0.15) is 202 Å². The lowest BCUT2D eigenvalue weighted by Gasteiger charge is -2.43. The monoisotopic (exact) mass is 931 g/mol. The number of carbonyl (C=O) groups is 2. The highest BCUT2D eigenvalue weighted by Gasteiger charge is 2.49. The van der Waals surface area contributed by atoms with E-state index in [4.69, 9.17) is 28.4 Å². The van der Waals surface area contributed by atoms with E-state index in [0.717, 1.165) is 63.2 Å². The number of hydrogen-bond acceptors (Lipinski definition) is 14. The molecule has 0 saturated carbocycles. The first-order valence-electron chi connectivity index (χ1n) is 26.2. The van der Waals surface area contributed by atoms with Crippen molar-refractivity contribution in [3.05, 3.63) is 0 Å². The van der Waals surface area contributed by atoms with Gasteiger partial charge in [-0.15, -0.1) is 0 Å². The lowest BCUT2D eigenvalue weighted by atomic mass is 9.95. The molecule has 3 aliphatic rings. The second-order valence-corrected chi connectivity index (χ2v) is 20.6. The number of hydrogen-bond donors (Lipinski definition) is 6. The van der Waals surface area contributed by atoms with Crippen molar-refractivity contribution in [1.29, 1.82) is 0 Å². The zero-order valence-corrected chi connectivity index (χ0v) is 41.3. The van der Waals surface area contributed by atoms with Crippen molar-refractivity contribution in [2.24, 2.45) is 23.7 Å². The summed E-state index contributed by atoms with van der Waals surface area (Å²) in [6, 6.07) is 0. The Balaban J connectivity index is 1.63. The third-order valence-corrected chi connectivity index (χ3v) is 13.9. The van der Waals surface area contributed by atoms with Crippen LogP contribution in [-0.4, -0.2) is 129 Å². The van der Waals surface area contributed by atoms with Crippen molar-refractivity contribution < 1.29 is 68.6 Å². The lowest BCUT2D eigenvalue weighted by Crippen LogP contribution is -2.61. The molecular weight excluding hydrogens is 837 g/mol. The molecule has 65 heavy (non-hydrogen) atoms. The van der Waals surface area contributed by atoms with Gasteiger partial charge in [-0.2, -0.15) is 0 Å². The van der Waals surface area contributed by atoms with Gasteiger partial charge >= 0.3 is 11.9 Å². The van der Waals surface area contributed by atoms with Crippen LogP contribution in [0.5, 0.6) is 0 Å². The van der Waals surface area contributed by atoms with Gasteiger partial charge in [-0.1, -0.05) is 175 Å². The molecule has 4 unspecified atom stereocenters. The normalized spacial score (nSPS) is 33.1. The van der Waals surface area contributed by atoms with Crippen molar-refractivity contribution in [1.82, 2.24) is 0 Å². The highest BCUT2D eigenvalue weighted by Crippen LogP contribution is 2.31.